The summed E-state index contributed by atoms with van der Waals surface area (Å²) in [6, 6.07) is 8.84. The van der Waals surface area contributed by atoms with Gasteiger partial charge in [-0.2, -0.15) is 0 Å². The molecule has 1 N–H and O–H groups in total. The summed E-state index contributed by atoms with van der Waals surface area (Å²) in [6.07, 6.45) is 3.43. The van der Waals surface area contributed by atoms with Gasteiger partial charge in [-0.3, -0.25) is 0 Å². The molecule has 1 aromatic carbocycles. The van der Waals surface area contributed by atoms with Crippen molar-refractivity contribution in [1.82, 2.24) is 15.1 Å². The van der Waals surface area contributed by atoms with Crippen molar-refractivity contribution in [3.63, 3.8) is 0 Å². The molecular weight excluding hydrogens is 326 g/mol. The maximum atomic E-state index is 12.3. The zero-order chi connectivity index (χ0) is 18.5. The molecule has 2 heterocycles. The van der Waals surface area contributed by atoms with Crippen molar-refractivity contribution >= 4 is 6.03 Å². The molecule has 0 aliphatic carbocycles. The number of likely N-dealkylation sites (tertiary alicyclic amines) is 2. The van der Waals surface area contributed by atoms with Crippen LogP contribution in [0.3, 0.4) is 0 Å². The van der Waals surface area contributed by atoms with Crippen molar-refractivity contribution in [2.45, 2.75) is 52.2 Å². The van der Waals surface area contributed by atoms with E-state index in [1.165, 1.54) is 18.4 Å². The Morgan fingerprint density at radius 1 is 1.23 bits per heavy atom. The molecule has 0 unspecified atom stereocenters. The average molecular weight is 360 g/mol. The lowest BCUT2D eigenvalue weighted by Gasteiger charge is -2.40. The number of carbonyl (C=O) groups is 1. The van der Waals surface area contributed by atoms with Crippen LogP contribution in [0.2, 0.25) is 0 Å². The first-order valence-electron chi connectivity index (χ1n) is 10.1. The largest absolute Gasteiger partial charge is 0.486 e. The number of benzene rings is 1. The van der Waals surface area contributed by atoms with Crippen molar-refractivity contribution < 1.29 is 9.53 Å². The van der Waals surface area contributed by atoms with E-state index in [0.717, 1.165) is 31.8 Å². The molecule has 0 atom stereocenters. The summed E-state index contributed by atoms with van der Waals surface area (Å²) in [5, 5.41) is 3.12. The predicted molar refractivity (Wildman–Crippen MR) is 105 cm³/mol. The quantitative estimate of drug-likeness (QED) is 0.849. The lowest BCUT2D eigenvalue weighted by molar-refractivity contribution is 0.0431. The number of nitrogens with one attached hydrogen (secondary N) is 1. The van der Waals surface area contributed by atoms with Gasteiger partial charge in [-0.25, -0.2) is 4.79 Å². The molecule has 0 saturated carbocycles. The highest BCUT2D eigenvalue weighted by atomic mass is 16.5. The summed E-state index contributed by atoms with van der Waals surface area (Å²) in [6.45, 7) is 11.1. The van der Waals surface area contributed by atoms with Gasteiger partial charge in [-0.05, 0) is 63.7 Å². The second kappa shape index (κ2) is 8.76. The summed E-state index contributed by atoms with van der Waals surface area (Å²) < 4.78 is 6.05. The van der Waals surface area contributed by atoms with E-state index in [9.17, 15) is 4.79 Å². The number of urea groups is 1. The highest BCUT2D eigenvalue weighted by Gasteiger charge is 2.33. The molecule has 1 aromatic rings. The van der Waals surface area contributed by atoms with Gasteiger partial charge >= 0.3 is 6.03 Å². The molecule has 2 saturated heterocycles. The monoisotopic (exact) mass is 359 g/mol. The Balaban J connectivity index is 1.35. The van der Waals surface area contributed by atoms with Gasteiger partial charge in [0.25, 0.3) is 0 Å². The van der Waals surface area contributed by atoms with Crippen molar-refractivity contribution in [3.8, 4) is 5.75 Å². The van der Waals surface area contributed by atoms with Crippen LogP contribution in [-0.2, 0) is 6.42 Å². The third-order valence-corrected chi connectivity index (χ3v) is 5.70. The highest BCUT2D eigenvalue weighted by molar-refractivity contribution is 5.75. The molecule has 2 aliphatic rings. The Morgan fingerprint density at radius 3 is 2.58 bits per heavy atom. The van der Waals surface area contributed by atoms with E-state index < -0.39 is 0 Å². The van der Waals surface area contributed by atoms with E-state index in [4.69, 9.17) is 4.74 Å². The van der Waals surface area contributed by atoms with Gasteiger partial charge in [0.1, 0.15) is 11.9 Å². The maximum absolute atomic E-state index is 12.3. The summed E-state index contributed by atoms with van der Waals surface area (Å²) in [5.74, 6) is 1.57. The molecule has 5 nitrogen and oxygen atoms in total. The summed E-state index contributed by atoms with van der Waals surface area (Å²) in [5.41, 5.74) is 1.23. The van der Waals surface area contributed by atoms with E-state index in [0.29, 0.717) is 25.0 Å². The average Bonchev–Trinajstić information content (AvgIpc) is 2.63. The molecule has 3 rings (SSSR count). The van der Waals surface area contributed by atoms with E-state index >= 15 is 0 Å². The Bertz CT molecular complexity index is 591. The van der Waals surface area contributed by atoms with Crippen LogP contribution < -0.4 is 10.1 Å². The number of ether oxygens (including phenoxy) is 1. The lowest BCUT2D eigenvalue weighted by Crippen LogP contribution is -2.59. The van der Waals surface area contributed by atoms with Crippen LogP contribution in [0.15, 0.2) is 24.3 Å². The SMILES string of the molecule is CCc1ccccc1OC1CN(C(=O)NCC2CCN(C(C)C)CC2)C1. The normalized spacial score (nSPS) is 19.5. The Kier molecular flexibility index (Phi) is 6.41. The van der Waals surface area contributed by atoms with E-state index in [1.807, 2.05) is 23.1 Å². The van der Waals surface area contributed by atoms with E-state index in [2.05, 4.69) is 37.1 Å². The fourth-order valence-corrected chi connectivity index (χ4v) is 3.79. The Morgan fingerprint density at radius 2 is 1.92 bits per heavy atom. The zero-order valence-corrected chi connectivity index (χ0v) is 16.4. The minimum Gasteiger partial charge on any atom is -0.486 e. The van der Waals surface area contributed by atoms with Gasteiger partial charge in [0.2, 0.25) is 0 Å². The number of piperidine rings is 1. The number of carbonyl (C=O) groups excluding carboxylic acids is 1. The van der Waals surface area contributed by atoms with Crippen LogP contribution in [0.25, 0.3) is 0 Å². The van der Waals surface area contributed by atoms with Crippen LogP contribution in [0.4, 0.5) is 4.79 Å². The number of amides is 2. The zero-order valence-electron chi connectivity index (χ0n) is 16.4. The second-order valence-corrected chi connectivity index (χ2v) is 7.87. The van der Waals surface area contributed by atoms with Gasteiger partial charge in [-0.15, -0.1) is 0 Å². The summed E-state index contributed by atoms with van der Waals surface area (Å²) >= 11 is 0. The van der Waals surface area contributed by atoms with Crippen molar-refractivity contribution in [2.75, 3.05) is 32.7 Å². The molecule has 5 heteroatoms. The van der Waals surface area contributed by atoms with Crippen molar-refractivity contribution in [1.29, 1.82) is 0 Å². The predicted octanol–water partition coefficient (Wildman–Crippen LogP) is 3.14. The van der Waals surface area contributed by atoms with Crippen LogP contribution in [0, 0.1) is 5.92 Å². The maximum Gasteiger partial charge on any atom is 0.317 e. The number of aryl methyl sites for hydroxylation is 1. The molecular formula is C21H33N3O2. The number of nitrogens with zero attached hydrogens (tertiary/aromatic N) is 2. The molecule has 0 aromatic heterocycles. The Labute approximate surface area is 157 Å². The lowest BCUT2D eigenvalue weighted by atomic mass is 9.96. The number of para-hydroxylation sites is 1. The van der Waals surface area contributed by atoms with Crippen molar-refractivity contribution in [3.05, 3.63) is 29.8 Å². The van der Waals surface area contributed by atoms with E-state index in [-0.39, 0.29) is 12.1 Å². The molecule has 144 valence electrons. The minimum atomic E-state index is 0.0555. The molecule has 2 aliphatic heterocycles. The number of hydrogen-bond donors (Lipinski definition) is 1. The smallest absolute Gasteiger partial charge is 0.317 e. The van der Waals surface area contributed by atoms with E-state index in [1.54, 1.807) is 0 Å². The topological polar surface area (TPSA) is 44.8 Å². The molecule has 26 heavy (non-hydrogen) atoms. The molecule has 0 spiro atoms. The van der Waals surface area contributed by atoms with Crippen LogP contribution >= 0.6 is 0 Å². The van der Waals surface area contributed by atoms with Crippen LogP contribution in [-0.4, -0.2) is 60.7 Å². The Hall–Kier alpha value is -1.75. The fourth-order valence-electron chi connectivity index (χ4n) is 3.79. The second-order valence-electron chi connectivity index (χ2n) is 7.87. The van der Waals surface area contributed by atoms with Gasteiger partial charge in [0.05, 0.1) is 13.1 Å². The first-order valence-corrected chi connectivity index (χ1v) is 10.1. The van der Waals surface area contributed by atoms with Gasteiger partial charge in [-0.1, -0.05) is 25.1 Å². The third kappa shape index (κ3) is 4.70. The first kappa shape index (κ1) is 19.0. The van der Waals surface area contributed by atoms with Crippen LogP contribution in [0.1, 0.15) is 39.2 Å². The standard InChI is InChI=1S/C21H33N3O2/c1-4-18-7-5-6-8-20(18)26-19-14-24(15-19)21(25)22-13-17-9-11-23(12-10-17)16(2)3/h5-8,16-17,19H,4,9-15H2,1-3H3,(H,22,25). The number of hydrogen-bond acceptors (Lipinski definition) is 3. The first-order chi connectivity index (χ1) is 12.6. The third-order valence-electron chi connectivity index (χ3n) is 5.70. The molecule has 0 bridgehead atoms. The van der Waals surface area contributed by atoms with Gasteiger partial charge in [0.15, 0.2) is 0 Å². The molecule has 2 fully saturated rings. The molecule has 2 amide bonds. The van der Waals surface area contributed by atoms with Crippen LogP contribution in [0.5, 0.6) is 5.75 Å². The summed E-state index contributed by atoms with van der Waals surface area (Å²) in [7, 11) is 0. The molecule has 0 radical (unpaired) electrons. The fraction of sp³-hybridized carbons (Fsp3) is 0.667. The summed E-state index contributed by atoms with van der Waals surface area (Å²) in [4.78, 5) is 16.7. The number of rotatable bonds is 6. The van der Waals surface area contributed by atoms with Gasteiger partial charge < -0.3 is 19.9 Å². The van der Waals surface area contributed by atoms with Gasteiger partial charge in [0, 0.05) is 12.6 Å². The minimum absolute atomic E-state index is 0.0555. The highest BCUT2D eigenvalue weighted by Crippen LogP contribution is 2.23. The van der Waals surface area contributed by atoms with Crippen molar-refractivity contribution in [2.24, 2.45) is 5.92 Å².